The molecule has 2 rings (SSSR count). The molecule has 8 heteroatoms. The second kappa shape index (κ2) is 17.1. The summed E-state index contributed by atoms with van der Waals surface area (Å²) in [6, 6.07) is 8.30. The maximum Gasteiger partial charge on any atom is 0.503 e. The van der Waals surface area contributed by atoms with Gasteiger partial charge in [-0.3, -0.25) is 9.98 Å². The number of hydrogen-bond donors (Lipinski definition) is 4. The molecule has 0 saturated carbocycles. The van der Waals surface area contributed by atoms with E-state index in [4.69, 9.17) is 15.0 Å². The van der Waals surface area contributed by atoms with Gasteiger partial charge in [-0.25, -0.2) is 4.79 Å². The number of carboxylic acid groups (broad SMARTS) is 2. The number of hydrogen-bond acceptors (Lipinski definition) is 5. The number of aliphatic imine (C=N–C) groups is 2. The van der Waals surface area contributed by atoms with Gasteiger partial charge in [0.15, 0.2) is 0 Å². The molecule has 0 radical (unpaired) electrons. The molecule has 0 fully saturated rings. The molecule has 0 atom stereocenters. The minimum atomic E-state index is -1.83. The first-order valence-electron chi connectivity index (χ1n) is 13.7. The van der Waals surface area contributed by atoms with Crippen molar-refractivity contribution in [2.24, 2.45) is 9.98 Å². The van der Waals surface area contributed by atoms with Crippen LogP contribution in [0.1, 0.15) is 108 Å². The number of aromatic hydroxyl groups is 2. The fourth-order valence-corrected chi connectivity index (χ4v) is 4.04. The van der Waals surface area contributed by atoms with Gasteiger partial charge in [0.2, 0.25) is 0 Å². The molecule has 222 valence electrons. The first-order valence-corrected chi connectivity index (χ1v) is 13.7. The van der Waals surface area contributed by atoms with Crippen LogP contribution in [0, 0.1) is 6.92 Å². The number of unbranched alkanes of at least 4 members (excludes halogenated alkanes) is 2. The van der Waals surface area contributed by atoms with Crippen LogP contribution in [0.5, 0.6) is 11.5 Å². The second-order valence-corrected chi connectivity index (χ2v) is 12.0. The van der Waals surface area contributed by atoms with Crippen LogP contribution in [0.3, 0.4) is 0 Å². The Bertz CT molecular complexity index is 1140. The second-order valence-electron chi connectivity index (χ2n) is 12.0. The van der Waals surface area contributed by atoms with Crippen LogP contribution in [-0.2, 0) is 34.6 Å². The smallest absolute Gasteiger partial charge is 0.503 e. The van der Waals surface area contributed by atoms with Crippen molar-refractivity contribution in [3.8, 4) is 11.5 Å². The van der Waals surface area contributed by atoms with Crippen LogP contribution < -0.4 is 0 Å². The molecule has 0 aliphatic rings. The van der Waals surface area contributed by atoms with Crippen molar-refractivity contribution in [2.45, 2.75) is 98.3 Å². The van der Waals surface area contributed by atoms with Gasteiger partial charge in [-0.15, -0.1) is 0 Å². The van der Waals surface area contributed by atoms with Gasteiger partial charge in [0.05, 0.1) is 0 Å². The van der Waals surface area contributed by atoms with Crippen LogP contribution in [0.2, 0.25) is 0 Å². The van der Waals surface area contributed by atoms with Crippen LogP contribution in [0.4, 0.5) is 4.79 Å². The Balaban J connectivity index is 0.00000284. The van der Waals surface area contributed by atoms with E-state index in [0.717, 1.165) is 35.1 Å². The van der Waals surface area contributed by atoms with E-state index in [-0.39, 0.29) is 28.2 Å². The Morgan fingerprint density at radius 2 is 1.32 bits per heavy atom. The summed E-state index contributed by atoms with van der Waals surface area (Å²) >= 11 is 0. The van der Waals surface area contributed by atoms with E-state index < -0.39 is 6.16 Å². The summed E-state index contributed by atoms with van der Waals surface area (Å²) in [6.07, 6.45) is 7.16. The van der Waals surface area contributed by atoms with Gasteiger partial charge in [-0.1, -0.05) is 73.4 Å². The number of rotatable bonds is 10. The van der Waals surface area contributed by atoms with Gasteiger partial charge < -0.3 is 20.4 Å². The minimum Gasteiger partial charge on any atom is -0.507 e. The van der Waals surface area contributed by atoms with Crippen LogP contribution in [0.15, 0.2) is 34.3 Å². The average Bonchev–Trinajstić information content (AvgIpc) is 2.80. The first-order chi connectivity index (χ1) is 18.1. The summed E-state index contributed by atoms with van der Waals surface area (Å²) in [4.78, 5) is 17.7. The van der Waals surface area contributed by atoms with Crippen molar-refractivity contribution in [1.82, 2.24) is 0 Å². The van der Waals surface area contributed by atoms with Crippen LogP contribution >= 0.6 is 0 Å². The molecule has 0 aromatic heterocycles. The van der Waals surface area contributed by atoms with E-state index in [2.05, 4.69) is 76.7 Å². The summed E-state index contributed by atoms with van der Waals surface area (Å²) in [6.45, 7) is 18.3. The Hall–Kier alpha value is -2.82. The Morgan fingerprint density at radius 1 is 0.800 bits per heavy atom. The fraction of sp³-hybridized carbons (Fsp3) is 0.531. The van der Waals surface area contributed by atoms with Gasteiger partial charge in [0.25, 0.3) is 0 Å². The zero-order valence-electron chi connectivity index (χ0n) is 25.4. The molecule has 7 nitrogen and oxygen atoms in total. The average molecular weight is 593 g/mol. The standard InChI is InChI=1S/C31H46N2O2.CH2O3.Cr/c1-9-10-11-13-23-16-22(2)28(34)24(17-23)20-32-14-12-15-33-21-25-18-26(30(3,4)5)19-27(29(25)35)31(6,7)8;2-1(3)4;/h16-21,34-35H,9-15H2,1-8H3;(H2,2,3,4);. The van der Waals surface area contributed by atoms with Gasteiger partial charge in [-0.05, 0) is 65.8 Å². The molecular weight excluding hydrogens is 544 g/mol. The topological polar surface area (TPSA) is 123 Å². The molecule has 0 amide bonds. The number of phenolic OH excluding ortho intramolecular Hbond substituents is 2. The molecule has 0 spiro atoms. The third kappa shape index (κ3) is 13.0. The van der Waals surface area contributed by atoms with Crippen molar-refractivity contribution in [2.75, 3.05) is 13.1 Å². The normalized spacial score (nSPS) is 11.8. The monoisotopic (exact) mass is 592 g/mol. The third-order valence-electron chi connectivity index (χ3n) is 6.31. The predicted molar refractivity (Wildman–Crippen MR) is 162 cm³/mol. The van der Waals surface area contributed by atoms with E-state index in [1.165, 1.54) is 30.4 Å². The Labute approximate surface area is 251 Å². The number of aryl methyl sites for hydroxylation is 2. The van der Waals surface area contributed by atoms with Gasteiger partial charge in [-0.2, -0.15) is 0 Å². The Morgan fingerprint density at radius 3 is 1.80 bits per heavy atom. The molecule has 0 saturated heterocycles. The number of phenols is 2. The van der Waals surface area contributed by atoms with Crippen molar-refractivity contribution < 1.29 is 42.6 Å². The minimum absolute atomic E-state index is 0. The maximum atomic E-state index is 10.9. The number of benzene rings is 2. The first kappa shape index (κ1) is 37.2. The van der Waals surface area contributed by atoms with E-state index in [1.54, 1.807) is 12.4 Å². The molecular formula is C32H48CrN2O5. The largest absolute Gasteiger partial charge is 0.507 e. The summed E-state index contributed by atoms with van der Waals surface area (Å²) < 4.78 is 0. The van der Waals surface area contributed by atoms with Crippen molar-refractivity contribution >= 4 is 18.6 Å². The molecule has 0 aliphatic heterocycles. The zero-order chi connectivity index (χ0) is 29.8. The molecule has 0 aliphatic carbocycles. The van der Waals surface area contributed by atoms with E-state index >= 15 is 0 Å². The fourth-order valence-electron chi connectivity index (χ4n) is 4.04. The van der Waals surface area contributed by atoms with E-state index in [9.17, 15) is 10.2 Å². The van der Waals surface area contributed by atoms with Crippen LogP contribution in [-0.4, -0.2) is 52.1 Å². The van der Waals surface area contributed by atoms with Gasteiger partial charge in [0, 0.05) is 59.6 Å². The molecule has 0 bridgehead atoms. The predicted octanol–water partition coefficient (Wildman–Crippen LogP) is 7.88. The molecule has 40 heavy (non-hydrogen) atoms. The van der Waals surface area contributed by atoms with Crippen molar-refractivity contribution in [3.05, 3.63) is 57.6 Å². The summed E-state index contributed by atoms with van der Waals surface area (Å²) in [5.74, 6) is 0.631. The third-order valence-corrected chi connectivity index (χ3v) is 6.31. The van der Waals surface area contributed by atoms with E-state index in [1.807, 2.05) is 13.0 Å². The van der Waals surface area contributed by atoms with Crippen molar-refractivity contribution in [1.29, 1.82) is 0 Å². The zero-order valence-corrected chi connectivity index (χ0v) is 26.7. The molecule has 4 N–H and O–H groups in total. The molecule has 0 heterocycles. The molecule has 2 aromatic carbocycles. The number of carbonyl (C=O) groups is 1. The van der Waals surface area contributed by atoms with Gasteiger partial charge >= 0.3 is 6.16 Å². The number of nitrogens with zero attached hydrogens (tertiary/aromatic N) is 2. The van der Waals surface area contributed by atoms with E-state index in [0.29, 0.717) is 24.6 Å². The maximum absolute atomic E-state index is 10.9. The summed E-state index contributed by atoms with van der Waals surface area (Å²) in [5, 5.41) is 35.2. The van der Waals surface area contributed by atoms with Crippen LogP contribution in [0.25, 0.3) is 0 Å². The Kier molecular flexibility index (Phi) is 15.9. The summed E-state index contributed by atoms with van der Waals surface area (Å²) in [5.41, 5.74) is 5.69. The molecule has 0 unspecified atom stereocenters. The SMILES string of the molecule is CCCCCc1cc(C)c(O)c(C=NCCCN=Cc2cc(C(C)(C)C)cc(C(C)(C)C)c2O)c1.O=C(O)O.[Cr]. The summed E-state index contributed by atoms with van der Waals surface area (Å²) in [7, 11) is 0. The molecule has 2 aromatic rings. The van der Waals surface area contributed by atoms with Gasteiger partial charge in [0.1, 0.15) is 11.5 Å². The quantitative estimate of drug-likeness (QED) is 0.165. The van der Waals surface area contributed by atoms with Crippen molar-refractivity contribution in [3.63, 3.8) is 0 Å².